The van der Waals surface area contributed by atoms with E-state index in [9.17, 15) is 0 Å². The third-order valence-corrected chi connectivity index (χ3v) is 3.25. The van der Waals surface area contributed by atoms with E-state index in [0.717, 1.165) is 22.1 Å². The van der Waals surface area contributed by atoms with Crippen LogP contribution < -0.4 is 9.47 Å². The van der Waals surface area contributed by atoms with Crippen molar-refractivity contribution < 1.29 is 9.47 Å². The van der Waals surface area contributed by atoms with Gasteiger partial charge in [-0.1, -0.05) is 13.3 Å². The number of methoxy groups -OCH3 is 2. The zero-order valence-corrected chi connectivity index (χ0v) is 10.4. The van der Waals surface area contributed by atoms with Gasteiger partial charge in [0.25, 0.3) is 0 Å². The first-order valence-electron chi connectivity index (χ1n) is 5.16. The predicted octanol–water partition coefficient (Wildman–Crippen LogP) is 3.60. The summed E-state index contributed by atoms with van der Waals surface area (Å²) in [6.45, 7) is 2.20. The Morgan fingerprint density at radius 3 is 2.60 bits per heavy atom. The van der Waals surface area contributed by atoms with Crippen molar-refractivity contribution in [2.75, 3.05) is 20.0 Å². The molecular formula is C12H18O2S. The largest absolute Gasteiger partial charge is 0.497 e. The lowest BCUT2D eigenvalue weighted by Crippen LogP contribution is -1.89. The molecule has 0 N–H and O–H groups in total. The molecule has 1 aromatic rings. The minimum absolute atomic E-state index is 0.884. The quantitative estimate of drug-likeness (QED) is 0.545. The highest BCUT2D eigenvalue weighted by molar-refractivity contribution is 7.99. The van der Waals surface area contributed by atoms with Crippen molar-refractivity contribution in [2.45, 2.75) is 24.7 Å². The van der Waals surface area contributed by atoms with Crippen molar-refractivity contribution in [2.24, 2.45) is 0 Å². The average molecular weight is 226 g/mol. The van der Waals surface area contributed by atoms with E-state index < -0.39 is 0 Å². The van der Waals surface area contributed by atoms with Crippen LogP contribution in [0, 0.1) is 0 Å². The summed E-state index contributed by atoms with van der Waals surface area (Å²) in [6.07, 6.45) is 2.45. The Morgan fingerprint density at radius 1 is 1.20 bits per heavy atom. The summed E-state index contributed by atoms with van der Waals surface area (Å²) in [7, 11) is 3.38. The molecule has 1 rings (SSSR count). The lowest BCUT2D eigenvalue weighted by Gasteiger charge is -2.09. The lowest BCUT2D eigenvalue weighted by molar-refractivity contribution is 0.394. The van der Waals surface area contributed by atoms with Gasteiger partial charge in [0.05, 0.1) is 19.1 Å². The van der Waals surface area contributed by atoms with Crippen molar-refractivity contribution in [1.29, 1.82) is 0 Å². The number of rotatable bonds is 6. The molecule has 0 heterocycles. The minimum atomic E-state index is 0.884. The highest BCUT2D eigenvalue weighted by Gasteiger charge is 2.04. The van der Waals surface area contributed by atoms with Crippen molar-refractivity contribution in [1.82, 2.24) is 0 Å². The molecule has 0 aromatic heterocycles. The third kappa shape index (κ3) is 3.67. The number of hydrogen-bond donors (Lipinski definition) is 0. The fraction of sp³-hybridized carbons (Fsp3) is 0.500. The Bertz CT molecular complexity index is 300. The van der Waals surface area contributed by atoms with E-state index in [0.29, 0.717) is 0 Å². The molecule has 0 saturated heterocycles. The zero-order valence-electron chi connectivity index (χ0n) is 9.58. The second kappa shape index (κ2) is 6.62. The maximum Gasteiger partial charge on any atom is 0.132 e. The van der Waals surface area contributed by atoms with Crippen LogP contribution in [0.1, 0.15) is 19.8 Å². The number of thioether (sulfide) groups is 1. The number of unbranched alkanes of at least 4 members (excludes halogenated alkanes) is 1. The average Bonchev–Trinajstić information content (AvgIpc) is 2.29. The van der Waals surface area contributed by atoms with E-state index in [1.807, 2.05) is 30.0 Å². The van der Waals surface area contributed by atoms with Gasteiger partial charge in [0, 0.05) is 0 Å². The van der Waals surface area contributed by atoms with E-state index in [2.05, 4.69) is 6.92 Å². The fourth-order valence-electron chi connectivity index (χ4n) is 1.22. The van der Waals surface area contributed by atoms with Crippen molar-refractivity contribution >= 4 is 11.8 Å². The maximum atomic E-state index is 5.30. The Morgan fingerprint density at radius 2 is 2.00 bits per heavy atom. The maximum absolute atomic E-state index is 5.30. The van der Waals surface area contributed by atoms with Crippen LogP contribution in [0.5, 0.6) is 11.5 Å². The molecule has 0 spiro atoms. The van der Waals surface area contributed by atoms with Crippen LogP contribution in [0.25, 0.3) is 0 Å². The number of benzene rings is 1. The SMILES string of the molecule is CCCCSc1cc(OC)ccc1OC. The van der Waals surface area contributed by atoms with Gasteiger partial charge in [-0.05, 0) is 30.4 Å². The van der Waals surface area contributed by atoms with Gasteiger partial charge in [-0.15, -0.1) is 11.8 Å². The van der Waals surface area contributed by atoms with Gasteiger partial charge in [-0.2, -0.15) is 0 Å². The summed E-state index contributed by atoms with van der Waals surface area (Å²) < 4.78 is 10.5. The lowest BCUT2D eigenvalue weighted by atomic mass is 10.3. The molecule has 3 heteroatoms. The molecule has 84 valence electrons. The molecule has 0 fully saturated rings. The minimum Gasteiger partial charge on any atom is -0.497 e. The van der Waals surface area contributed by atoms with Crippen LogP contribution >= 0.6 is 11.8 Å². The highest BCUT2D eigenvalue weighted by atomic mass is 32.2. The first kappa shape index (κ1) is 12.2. The van der Waals surface area contributed by atoms with Gasteiger partial charge in [-0.25, -0.2) is 0 Å². The Hall–Kier alpha value is -0.830. The Labute approximate surface area is 96.0 Å². The molecule has 2 nitrogen and oxygen atoms in total. The summed E-state index contributed by atoms with van der Waals surface area (Å²) in [5, 5.41) is 0. The number of ether oxygens (including phenoxy) is 2. The van der Waals surface area contributed by atoms with Crippen LogP contribution in [0.3, 0.4) is 0 Å². The fourth-order valence-corrected chi connectivity index (χ4v) is 2.37. The molecule has 0 bridgehead atoms. The molecule has 0 aliphatic rings. The van der Waals surface area contributed by atoms with E-state index in [1.165, 1.54) is 12.8 Å². The van der Waals surface area contributed by atoms with E-state index in [1.54, 1.807) is 14.2 Å². The summed E-state index contributed by atoms with van der Waals surface area (Å²) >= 11 is 1.82. The molecule has 0 aliphatic heterocycles. The first-order chi connectivity index (χ1) is 7.31. The monoisotopic (exact) mass is 226 g/mol. The number of hydrogen-bond acceptors (Lipinski definition) is 3. The summed E-state index contributed by atoms with van der Waals surface area (Å²) in [4.78, 5) is 1.16. The molecule has 0 aliphatic carbocycles. The highest BCUT2D eigenvalue weighted by Crippen LogP contribution is 2.33. The van der Waals surface area contributed by atoms with Crippen LogP contribution in [0.4, 0.5) is 0 Å². The normalized spacial score (nSPS) is 10.1. The van der Waals surface area contributed by atoms with Crippen LogP contribution in [-0.2, 0) is 0 Å². The van der Waals surface area contributed by atoms with Crippen molar-refractivity contribution in [3.8, 4) is 11.5 Å². The first-order valence-corrected chi connectivity index (χ1v) is 6.15. The van der Waals surface area contributed by atoms with E-state index in [4.69, 9.17) is 9.47 Å². The van der Waals surface area contributed by atoms with Gasteiger partial charge in [0.15, 0.2) is 0 Å². The van der Waals surface area contributed by atoms with Crippen LogP contribution in [0.2, 0.25) is 0 Å². The second-order valence-corrected chi connectivity index (χ2v) is 4.36. The van der Waals surface area contributed by atoms with E-state index in [-0.39, 0.29) is 0 Å². The standard InChI is InChI=1S/C12H18O2S/c1-4-5-8-15-12-9-10(13-2)6-7-11(12)14-3/h6-7,9H,4-5,8H2,1-3H3. The molecule has 0 unspecified atom stereocenters. The van der Waals surface area contributed by atoms with Gasteiger partial charge in [0.2, 0.25) is 0 Å². The molecule has 0 radical (unpaired) electrons. The van der Waals surface area contributed by atoms with Gasteiger partial charge in [-0.3, -0.25) is 0 Å². The van der Waals surface area contributed by atoms with E-state index >= 15 is 0 Å². The van der Waals surface area contributed by atoms with Crippen LogP contribution in [-0.4, -0.2) is 20.0 Å². The van der Waals surface area contributed by atoms with Crippen molar-refractivity contribution in [3.05, 3.63) is 18.2 Å². The summed E-state index contributed by atoms with van der Waals surface area (Å²) in [5.74, 6) is 2.94. The summed E-state index contributed by atoms with van der Waals surface area (Å²) in [6, 6.07) is 5.90. The molecule has 0 saturated carbocycles. The Kier molecular flexibility index (Phi) is 5.40. The molecule has 0 atom stereocenters. The Balaban J connectivity index is 2.72. The molecule has 0 amide bonds. The van der Waals surface area contributed by atoms with Gasteiger partial charge >= 0.3 is 0 Å². The molecule has 15 heavy (non-hydrogen) atoms. The second-order valence-electron chi connectivity index (χ2n) is 3.22. The predicted molar refractivity (Wildman–Crippen MR) is 65.2 cm³/mol. The summed E-state index contributed by atoms with van der Waals surface area (Å²) in [5.41, 5.74) is 0. The van der Waals surface area contributed by atoms with Gasteiger partial charge < -0.3 is 9.47 Å². The molecular weight excluding hydrogens is 208 g/mol. The smallest absolute Gasteiger partial charge is 0.132 e. The molecule has 1 aromatic carbocycles. The zero-order chi connectivity index (χ0) is 11.1. The van der Waals surface area contributed by atoms with Gasteiger partial charge in [0.1, 0.15) is 11.5 Å². The third-order valence-electron chi connectivity index (χ3n) is 2.13. The van der Waals surface area contributed by atoms with Crippen LogP contribution in [0.15, 0.2) is 23.1 Å². The topological polar surface area (TPSA) is 18.5 Å². The van der Waals surface area contributed by atoms with Crippen molar-refractivity contribution in [3.63, 3.8) is 0 Å².